The number of aromatic carboxylic acids is 1. The van der Waals surface area contributed by atoms with Crippen molar-refractivity contribution in [2.45, 2.75) is 6.54 Å². The third-order valence-electron chi connectivity index (χ3n) is 5.24. The van der Waals surface area contributed by atoms with E-state index < -0.39 is 30.4 Å². The zero-order valence-corrected chi connectivity index (χ0v) is 21.1. The number of hydrogen-bond donors (Lipinski definition) is 5. The molecule has 0 fully saturated rings. The minimum Gasteiger partial charge on any atom is -0.480 e. The smallest absolute Gasteiger partial charge is 0.345 e. The van der Waals surface area contributed by atoms with Gasteiger partial charge < -0.3 is 30.9 Å². The van der Waals surface area contributed by atoms with Crippen LogP contribution in [0, 0.1) is 5.41 Å². The van der Waals surface area contributed by atoms with Crippen LogP contribution in [-0.4, -0.2) is 51.4 Å². The maximum atomic E-state index is 13.3. The van der Waals surface area contributed by atoms with Gasteiger partial charge in [0.05, 0.1) is 11.1 Å². The Morgan fingerprint density at radius 3 is 2.37 bits per heavy atom. The van der Waals surface area contributed by atoms with Gasteiger partial charge in [-0.05, 0) is 59.5 Å². The van der Waals surface area contributed by atoms with Crippen LogP contribution in [-0.2, 0) is 11.3 Å². The highest BCUT2D eigenvalue weighted by Crippen LogP contribution is 2.31. The van der Waals surface area contributed by atoms with Crippen LogP contribution in [0.1, 0.15) is 36.0 Å². The lowest BCUT2D eigenvalue weighted by atomic mass is 10.1. The molecule has 38 heavy (non-hydrogen) atoms. The van der Waals surface area contributed by atoms with Crippen LogP contribution in [0.25, 0.3) is 10.1 Å². The second-order valence-electron chi connectivity index (χ2n) is 7.99. The second kappa shape index (κ2) is 11.1. The molecule has 1 amide bonds. The van der Waals surface area contributed by atoms with Crippen LogP contribution in [0.5, 0.6) is 5.75 Å². The Morgan fingerprint density at radius 2 is 1.74 bits per heavy atom. The lowest BCUT2D eigenvalue weighted by Gasteiger charge is -2.20. The Balaban J connectivity index is 1.51. The minimum absolute atomic E-state index is 0.0668. The van der Waals surface area contributed by atoms with Gasteiger partial charge in [-0.1, -0.05) is 0 Å². The Bertz CT molecular complexity index is 1560. The van der Waals surface area contributed by atoms with Crippen LogP contribution in [0.2, 0.25) is 0 Å². The number of esters is 1. The molecule has 4 aromatic rings. The fourth-order valence-electron chi connectivity index (χ4n) is 3.57. The van der Waals surface area contributed by atoms with Crippen molar-refractivity contribution in [2.75, 3.05) is 11.9 Å². The summed E-state index contributed by atoms with van der Waals surface area (Å²) in [5, 5.41) is 32.1. The molecule has 0 aliphatic heterocycles. The Hall–Kier alpha value is -4.75. The van der Waals surface area contributed by atoms with E-state index >= 15 is 0 Å². The monoisotopic (exact) mass is 552 g/mol. The molecule has 13 heteroatoms. The van der Waals surface area contributed by atoms with E-state index in [-0.39, 0.29) is 34.3 Å². The van der Waals surface area contributed by atoms with Gasteiger partial charge in [-0.15, -0.1) is 22.7 Å². The first-order valence-electron chi connectivity index (χ1n) is 10.9. The molecule has 11 nitrogen and oxygen atoms in total. The van der Waals surface area contributed by atoms with Gasteiger partial charge in [-0.25, -0.2) is 9.59 Å². The number of anilines is 1. The molecule has 0 atom stereocenters. The number of nitrogens with two attached hydrogens (primary N) is 1. The maximum Gasteiger partial charge on any atom is 0.345 e. The number of thiophene rings is 2. The summed E-state index contributed by atoms with van der Waals surface area (Å²) in [6.45, 7) is -0.631. The van der Waals surface area contributed by atoms with Crippen molar-refractivity contribution in [3.8, 4) is 5.75 Å². The molecule has 0 unspecified atom stereocenters. The van der Waals surface area contributed by atoms with Crippen LogP contribution in [0.3, 0.4) is 0 Å². The summed E-state index contributed by atoms with van der Waals surface area (Å²) in [5.41, 5.74) is 6.91. The molecule has 0 bridgehead atoms. The number of carbonyl (C=O) groups excluding carboxylic acids is 2. The summed E-state index contributed by atoms with van der Waals surface area (Å²) >= 11 is 2.23. The molecule has 2 aromatic carbocycles. The first-order valence-corrected chi connectivity index (χ1v) is 12.6. The zero-order chi connectivity index (χ0) is 27.4. The van der Waals surface area contributed by atoms with Gasteiger partial charge in [0.1, 0.15) is 17.2 Å². The van der Waals surface area contributed by atoms with Crippen molar-refractivity contribution >= 4 is 68.2 Å². The molecule has 2 heterocycles. The predicted molar refractivity (Wildman–Crippen MR) is 142 cm³/mol. The number of nitrogens with one attached hydrogen (secondary N) is 2. The van der Waals surface area contributed by atoms with Crippen molar-refractivity contribution in [3.05, 3.63) is 80.9 Å². The summed E-state index contributed by atoms with van der Waals surface area (Å²) in [6.07, 6.45) is 0. The number of carbonyl (C=O) groups is 4. The number of amides is 1. The predicted octanol–water partition coefficient (Wildman–Crippen LogP) is 3.91. The van der Waals surface area contributed by atoms with Gasteiger partial charge in [0.2, 0.25) is 0 Å². The van der Waals surface area contributed by atoms with E-state index in [0.29, 0.717) is 21.3 Å². The first kappa shape index (κ1) is 26.3. The number of fused-ring (bicyclic) bond motifs is 1. The minimum atomic E-state index is -1.20. The normalized spacial score (nSPS) is 10.6. The molecule has 2 aromatic heterocycles. The number of nitrogens with zero attached hydrogens (tertiary/aromatic N) is 1. The van der Waals surface area contributed by atoms with Crippen LogP contribution >= 0.6 is 22.7 Å². The average Bonchev–Trinajstić information content (AvgIpc) is 3.50. The van der Waals surface area contributed by atoms with E-state index in [9.17, 15) is 24.3 Å². The summed E-state index contributed by atoms with van der Waals surface area (Å²) in [5.74, 6) is -3.39. The summed E-state index contributed by atoms with van der Waals surface area (Å²) in [4.78, 5) is 49.7. The topological polar surface area (TPSA) is 183 Å². The SMILES string of the molecule is N=C(N)Nc1ccc(C(=O)Oc2ccc3c(C(=O)N(CC(=O)O)Cc4csc(C(=O)O)c4)csc3c2)cc1. The van der Waals surface area contributed by atoms with E-state index in [0.717, 1.165) is 16.2 Å². The number of hydrogen-bond acceptors (Lipinski definition) is 8. The summed E-state index contributed by atoms with van der Waals surface area (Å²) < 4.78 is 6.11. The molecular formula is C25H20N4O7S2. The molecule has 194 valence electrons. The third kappa shape index (κ3) is 6.14. The zero-order valence-electron chi connectivity index (χ0n) is 19.5. The third-order valence-corrected chi connectivity index (χ3v) is 7.15. The van der Waals surface area contributed by atoms with E-state index in [4.69, 9.17) is 21.0 Å². The number of benzene rings is 2. The van der Waals surface area contributed by atoms with Crippen LogP contribution < -0.4 is 15.8 Å². The van der Waals surface area contributed by atoms with Gasteiger partial charge in [-0.3, -0.25) is 15.0 Å². The lowest BCUT2D eigenvalue weighted by molar-refractivity contribution is -0.137. The van der Waals surface area contributed by atoms with Crippen LogP contribution in [0.15, 0.2) is 59.3 Å². The molecule has 0 radical (unpaired) electrons. The van der Waals surface area contributed by atoms with E-state index in [2.05, 4.69) is 5.32 Å². The van der Waals surface area contributed by atoms with Gasteiger partial charge in [0.25, 0.3) is 5.91 Å². The highest BCUT2D eigenvalue weighted by atomic mass is 32.1. The number of ether oxygens (including phenoxy) is 1. The fourth-order valence-corrected chi connectivity index (χ4v) is 5.28. The largest absolute Gasteiger partial charge is 0.480 e. The molecule has 6 N–H and O–H groups in total. The molecular weight excluding hydrogens is 532 g/mol. The van der Waals surface area contributed by atoms with Crippen molar-refractivity contribution in [2.24, 2.45) is 5.73 Å². The standard InChI is InChI=1S/C25H20N4O7S2/c26-25(27)28-15-3-1-14(2-4-15)24(35)36-16-5-6-17-18(12-38-19(17)8-16)22(32)29(10-21(30)31)9-13-7-20(23(33)34)37-11-13/h1-8,11-12H,9-10H2,(H,30,31)(H,33,34)(H4,26,27,28). The number of carboxylic acid groups (broad SMARTS) is 2. The number of rotatable bonds is 9. The number of carboxylic acids is 2. The summed E-state index contributed by atoms with van der Waals surface area (Å²) in [7, 11) is 0. The molecule has 0 aliphatic rings. The Morgan fingerprint density at radius 1 is 1.00 bits per heavy atom. The van der Waals surface area contributed by atoms with E-state index in [1.54, 1.807) is 35.0 Å². The van der Waals surface area contributed by atoms with Gasteiger partial charge in [-0.2, -0.15) is 0 Å². The quantitative estimate of drug-likeness (QED) is 0.0889. The van der Waals surface area contributed by atoms with Gasteiger partial charge in [0, 0.05) is 27.7 Å². The molecule has 0 saturated heterocycles. The molecule has 0 aliphatic carbocycles. The van der Waals surface area contributed by atoms with Crippen LogP contribution in [0.4, 0.5) is 5.69 Å². The second-order valence-corrected chi connectivity index (χ2v) is 9.81. The first-order chi connectivity index (χ1) is 18.1. The highest BCUT2D eigenvalue weighted by Gasteiger charge is 2.23. The van der Waals surface area contributed by atoms with E-state index in [1.807, 2.05) is 0 Å². The lowest BCUT2D eigenvalue weighted by Crippen LogP contribution is -2.35. The molecule has 0 spiro atoms. The molecule has 0 saturated carbocycles. The van der Waals surface area contributed by atoms with Gasteiger partial charge >= 0.3 is 17.9 Å². The fraction of sp³-hybridized carbons (Fsp3) is 0.0800. The highest BCUT2D eigenvalue weighted by molar-refractivity contribution is 7.17. The Kier molecular flexibility index (Phi) is 7.69. The van der Waals surface area contributed by atoms with Crippen molar-refractivity contribution in [1.29, 1.82) is 5.41 Å². The molecule has 4 rings (SSSR count). The average molecular weight is 553 g/mol. The van der Waals surface area contributed by atoms with E-state index in [1.165, 1.54) is 35.6 Å². The number of aliphatic carboxylic acids is 1. The van der Waals surface area contributed by atoms with Gasteiger partial charge in [0.15, 0.2) is 5.96 Å². The van der Waals surface area contributed by atoms with Crippen molar-refractivity contribution < 1.29 is 34.1 Å². The number of guanidine groups is 1. The summed E-state index contributed by atoms with van der Waals surface area (Å²) in [6, 6.07) is 12.4. The van der Waals surface area contributed by atoms with Crippen molar-refractivity contribution in [3.63, 3.8) is 0 Å². The van der Waals surface area contributed by atoms with Crippen molar-refractivity contribution in [1.82, 2.24) is 4.90 Å². The Labute approximate surface area is 223 Å². The maximum absolute atomic E-state index is 13.3.